The molecule has 3 aliphatic carbocycles. The number of hydrogen-bond donors (Lipinski definition) is 1. The van der Waals surface area contributed by atoms with E-state index >= 15 is 0 Å². The fourth-order valence-electron chi connectivity index (χ4n) is 7.30. The molecule has 38 heavy (non-hydrogen) atoms. The summed E-state index contributed by atoms with van der Waals surface area (Å²) >= 11 is 0. The van der Waals surface area contributed by atoms with E-state index in [0.29, 0.717) is 11.3 Å². The minimum atomic E-state index is -1.84. The molecule has 1 spiro atoms. The van der Waals surface area contributed by atoms with Crippen LogP contribution in [0.5, 0.6) is 0 Å². The summed E-state index contributed by atoms with van der Waals surface area (Å²) in [5, 5.41) is 13.1. The molecule has 1 heterocycles. The number of Topliss-reactive ketones (excluding diaryl/α,β-unsaturated/α-hetero) is 1. The van der Waals surface area contributed by atoms with Crippen molar-refractivity contribution in [2.45, 2.75) is 78.5 Å². The van der Waals surface area contributed by atoms with Crippen LogP contribution in [0.2, 0.25) is 0 Å². The number of allylic oxidation sites excluding steroid dienone is 1. The Bertz CT molecular complexity index is 1200. The van der Waals surface area contributed by atoms with Crippen LogP contribution in [0.1, 0.15) is 54.9 Å². The molecule has 1 aliphatic heterocycles. The van der Waals surface area contributed by atoms with Gasteiger partial charge in [-0.15, -0.1) is 0 Å². The Hall–Kier alpha value is -2.48. The van der Waals surface area contributed by atoms with Crippen molar-refractivity contribution in [2.75, 3.05) is 18.6 Å². The van der Waals surface area contributed by atoms with Gasteiger partial charge in [0, 0.05) is 18.7 Å². The van der Waals surface area contributed by atoms with Crippen molar-refractivity contribution in [3.63, 3.8) is 0 Å². The van der Waals surface area contributed by atoms with Gasteiger partial charge in [-0.1, -0.05) is 58.0 Å². The molecule has 4 aliphatic rings. The highest BCUT2D eigenvalue weighted by Crippen LogP contribution is 2.63. The van der Waals surface area contributed by atoms with Crippen molar-refractivity contribution in [2.24, 2.45) is 28.6 Å². The molecule has 1 amide bonds. The summed E-state index contributed by atoms with van der Waals surface area (Å²) in [5.74, 6) is -1.49. The molecule has 5 rings (SSSR count). The van der Waals surface area contributed by atoms with Gasteiger partial charge in [0.05, 0.1) is 12.0 Å². The fourth-order valence-corrected chi connectivity index (χ4v) is 7.30. The van der Waals surface area contributed by atoms with Crippen LogP contribution in [-0.4, -0.2) is 54.2 Å². The van der Waals surface area contributed by atoms with Gasteiger partial charge >= 0.3 is 6.09 Å². The first-order valence-electron chi connectivity index (χ1n) is 13.6. The SMILES string of the molecule is CC1=CC23C(=O)[C@@H](C=C4COC(C)(C)O[C@H]4[C@]2(O)[C@H]1OC(=O)N(C)c1ccccc1)C(C)(C)[C@@H](C)CC3C. The lowest BCUT2D eigenvalue weighted by Gasteiger charge is -2.52. The summed E-state index contributed by atoms with van der Waals surface area (Å²) < 4.78 is 18.7. The predicted octanol–water partition coefficient (Wildman–Crippen LogP) is 5.28. The van der Waals surface area contributed by atoms with Crippen LogP contribution in [0.3, 0.4) is 0 Å². The number of benzene rings is 1. The first-order valence-corrected chi connectivity index (χ1v) is 13.6. The molecule has 1 saturated carbocycles. The van der Waals surface area contributed by atoms with E-state index in [1.807, 2.05) is 56.3 Å². The molecule has 7 nitrogen and oxygen atoms in total. The summed E-state index contributed by atoms with van der Waals surface area (Å²) in [7, 11) is 1.64. The Morgan fingerprint density at radius 2 is 1.76 bits per heavy atom. The van der Waals surface area contributed by atoms with Crippen molar-refractivity contribution in [3.8, 4) is 0 Å². The second-order valence-corrected chi connectivity index (χ2v) is 12.9. The Morgan fingerprint density at radius 3 is 2.42 bits per heavy atom. The number of fused-ring (bicyclic) bond motifs is 3. The standard InChI is InChI=1S/C31H41NO6/c1-18-16-30-20(3)14-19(2)28(4,5)23(24(30)33)15-21-17-36-29(6,7)38-26(21)31(30,35)25(18)37-27(34)32(8)22-12-10-9-11-13-22/h9-13,15-16,19-20,23,25-26,35H,14,17H2,1-8H3/t19-,20?,23+,25-,26+,30?,31+/m0/s1. The smallest absolute Gasteiger partial charge is 0.414 e. The van der Waals surface area contributed by atoms with Gasteiger partial charge in [0.25, 0.3) is 0 Å². The Kier molecular flexibility index (Phi) is 6.25. The van der Waals surface area contributed by atoms with Crippen molar-refractivity contribution in [1.82, 2.24) is 0 Å². The molecule has 0 aromatic heterocycles. The van der Waals surface area contributed by atoms with Gasteiger partial charge in [0.15, 0.2) is 23.3 Å². The van der Waals surface area contributed by atoms with E-state index in [9.17, 15) is 14.7 Å². The van der Waals surface area contributed by atoms with E-state index in [2.05, 4.69) is 20.8 Å². The van der Waals surface area contributed by atoms with Gasteiger partial charge < -0.3 is 19.3 Å². The average Bonchev–Trinajstić information content (AvgIpc) is 3.02. The lowest BCUT2D eigenvalue weighted by atomic mass is 9.59. The molecule has 7 atom stereocenters. The quantitative estimate of drug-likeness (QED) is 0.531. The van der Waals surface area contributed by atoms with Gasteiger partial charge in [-0.3, -0.25) is 9.69 Å². The Balaban J connectivity index is 1.67. The molecular weight excluding hydrogens is 482 g/mol. The third-order valence-corrected chi connectivity index (χ3v) is 9.92. The average molecular weight is 524 g/mol. The molecule has 7 heteroatoms. The van der Waals surface area contributed by atoms with Crippen LogP contribution in [0.25, 0.3) is 0 Å². The molecule has 206 valence electrons. The zero-order chi connectivity index (χ0) is 27.8. The van der Waals surface area contributed by atoms with Gasteiger partial charge in [-0.25, -0.2) is 4.79 Å². The topological polar surface area (TPSA) is 85.3 Å². The molecule has 2 bridgehead atoms. The van der Waals surface area contributed by atoms with E-state index < -0.39 is 41.0 Å². The number of anilines is 1. The lowest BCUT2D eigenvalue weighted by Crippen LogP contribution is -2.68. The number of rotatable bonds is 2. The third kappa shape index (κ3) is 3.65. The summed E-state index contributed by atoms with van der Waals surface area (Å²) in [4.78, 5) is 29.7. The number of hydrogen-bond acceptors (Lipinski definition) is 6. The number of aliphatic hydroxyl groups is 1. The minimum absolute atomic E-state index is 0.0422. The molecule has 2 fully saturated rings. The zero-order valence-corrected chi connectivity index (χ0v) is 23.8. The predicted molar refractivity (Wildman–Crippen MR) is 144 cm³/mol. The van der Waals surface area contributed by atoms with Crippen LogP contribution >= 0.6 is 0 Å². The van der Waals surface area contributed by atoms with Crippen molar-refractivity contribution in [3.05, 3.63) is 53.6 Å². The number of ether oxygens (including phenoxy) is 3. The first kappa shape index (κ1) is 27.1. The molecule has 2 unspecified atom stereocenters. The molecular formula is C31H41NO6. The summed E-state index contributed by atoms with van der Waals surface area (Å²) in [6.45, 7) is 14.2. The summed E-state index contributed by atoms with van der Waals surface area (Å²) in [5.41, 5.74) is -1.45. The lowest BCUT2D eigenvalue weighted by molar-refractivity contribution is -0.302. The van der Waals surface area contributed by atoms with Crippen LogP contribution in [0.4, 0.5) is 10.5 Å². The number of carbonyl (C=O) groups excluding carboxylic acids is 2. The second kappa shape index (κ2) is 8.77. The highest BCUT2D eigenvalue weighted by molar-refractivity contribution is 5.95. The largest absolute Gasteiger partial charge is 0.438 e. The highest BCUT2D eigenvalue weighted by Gasteiger charge is 2.74. The number of amides is 1. The van der Waals surface area contributed by atoms with Crippen molar-refractivity contribution < 1.29 is 28.9 Å². The first-order chi connectivity index (χ1) is 17.7. The zero-order valence-electron chi connectivity index (χ0n) is 23.8. The van der Waals surface area contributed by atoms with Crippen LogP contribution < -0.4 is 4.90 Å². The van der Waals surface area contributed by atoms with Gasteiger partial charge in [-0.05, 0) is 67.7 Å². The van der Waals surface area contributed by atoms with E-state index in [4.69, 9.17) is 14.2 Å². The summed E-state index contributed by atoms with van der Waals surface area (Å²) in [6.07, 6.45) is 2.03. The van der Waals surface area contributed by atoms with E-state index in [1.165, 1.54) is 4.90 Å². The molecule has 1 aromatic rings. The fraction of sp³-hybridized carbons (Fsp3) is 0.613. The van der Waals surface area contributed by atoms with E-state index in [1.54, 1.807) is 20.9 Å². The second-order valence-electron chi connectivity index (χ2n) is 12.9. The Morgan fingerprint density at radius 1 is 1.11 bits per heavy atom. The third-order valence-electron chi connectivity index (χ3n) is 9.92. The van der Waals surface area contributed by atoms with Gasteiger partial charge in [0.2, 0.25) is 0 Å². The van der Waals surface area contributed by atoms with Gasteiger partial charge in [0.1, 0.15) is 6.10 Å². The molecule has 1 N–H and O–H groups in total. The maximum atomic E-state index is 14.8. The van der Waals surface area contributed by atoms with Gasteiger partial charge in [-0.2, -0.15) is 0 Å². The Labute approximate surface area is 225 Å². The maximum absolute atomic E-state index is 14.8. The monoisotopic (exact) mass is 523 g/mol. The maximum Gasteiger partial charge on any atom is 0.414 e. The highest BCUT2D eigenvalue weighted by atomic mass is 16.7. The van der Waals surface area contributed by atoms with Crippen molar-refractivity contribution in [1.29, 1.82) is 0 Å². The van der Waals surface area contributed by atoms with Crippen LogP contribution in [0.15, 0.2) is 53.6 Å². The van der Waals surface area contributed by atoms with Crippen LogP contribution in [0, 0.1) is 28.6 Å². The summed E-state index contributed by atoms with van der Waals surface area (Å²) in [6, 6.07) is 9.20. The van der Waals surface area contributed by atoms with E-state index in [-0.39, 0.29) is 29.6 Å². The van der Waals surface area contributed by atoms with E-state index in [0.717, 1.165) is 12.0 Å². The molecule has 1 aromatic carbocycles. The number of para-hydroxylation sites is 1. The minimum Gasteiger partial charge on any atom is -0.438 e. The normalized spacial score (nSPS) is 39.1. The number of nitrogens with zero attached hydrogens (tertiary/aromatic N) is 1. The number of ketones is 1. The van der Waals surface area contributed by atoms with Crippen LogP contribution in [-0.2, 0) is 19.0 Å². The van der Waals surface area contributed by atoms with Crippen molar-refractivity contribution >= 4 is 17.6 Å². The molecule has 0 radical (unpaired) electrons. The number of carbonyl (C=O) groups is 2. The molecule has 1 saturated heterocycles.